The number of hydrogen-bond acceptors (Lipinski definition) is 4. The maximum absolute atomic E-state index is 13.0. The molecule has 3 aromatic carbocycles. The first-order valence-corrected chi connectivity index (χ1v) is 13.4. The third-order valence-corrected chi connectivity index (χ3v) is 8.55. The Balaban J connectivity index is 1.57. The molecule has 5 rings (SSSR count). The van der Waals surface area contributed by atoms with Crippen LogP contribution < -0.4 is 4.80 Å². The Labute approximate surface area is 198 Å². The van der Waals surface area contributed by atoms with Crippen molar-refractivity contribution in [2.45, 2.75) is 24.2 Å². The molecule has 0 bridgehead atoms. The molecule has 1 saturated heterocycles. The number of nitrogens with zero attached hydrogens (tertiary/aromatic N) is 3. The van der Waals surface area contributed by atoms with Gasteiger partial charge in [0.2, 0.25) is 10.0 Å². The molecular weight excluding hydrogens is 450 g/mol. The lowest BCUT2D eigenvalue weighted by Gasteiger charge is -2.25. The van der Waals surface area contributed by atoms with Crippen molar-refractivity contribution >= 4 is 27.0 Å². The van der Waals surface area contributed by atoms with E-state index in [-0.39, 0.29) is 0 Å². The maximum atomic E-state index is 13.0. The van der Waals surface area contributed by atoms with Crippen molar-refractivity contribution in [2.75, 3.05) is 13.1 Å². The van der Waals surface area contributed by atoms with Gasteiger partial charge >= 0.3 is 0 Å². The Kier molecular flexibility index (Phi) is 6.26. The fraction of sp³-hybridized carbons (Fsp3) is 0.192. The molecule has 168 valence electrons. The largest absolute Gasteiger partial charge is 0.285 e. The van der Waals surface area contributed by atoms with Crippen LogP contribution in [0, 0.1) is 0 Å². The van der Waals surface area contributed by atoms with E-state index < -0.39 is 10.0 Å². The molecule has 7 heteroatoms. The van der Waals surface area contributed by atoms with Gasteiger partial charge in [-0.3, -0.25) is 4.57 Å². The summed E-state index contributed by atoms with van der Waals surface area (Å²) < 4.78 is 29.8. The number of para-hydroxylation sites is 2. The van der Waals surface area contributed by atoms with E-state index in [1.54, 1.807) is 27.8 Å². The average molecular weight is 476 g/mol. The lowest BCUT2D eigenvalue weighted by Crippen LogP contribution is -2.35. The highest BCUT2D eigenvalue weighted by molar-refractivity contribution is 7.89. The minimum absolute atomic E-state index is 0.351. The highest BCUT2D eigenvalue weighted by atomic mass is 32.2. The summed E-state index contributed by atoms with van der Waals surface area (Å²) in [7, 11) is -3.45. The van der Waals surface area contributed by atoms with Gasteiger partial charge in [0.05, 0.1) is 16.3 Å². The molecule has 0 saturated carbocycles. The molecule has 0 N–H and O–H groups in total. The third-order valence-electron chi connectivity index (χ3n) is 5.81. The van der Waals surface area contributed by atoms with Crippen LogP contribution in [0.2, 0.25) is 0 Å². The lowest BCUT2D eigenvalue weighted by atomic mass is 10.1. The first kappa shape index (κ1) is 21.8. The van der Waals surface area contributed by atoms with E-state index in [0.29, 0.717) is 18.0 Å². The Morgan fingerprint density at radius 1 is 0.758 bits per heavy atom. The summed E-state index contributed by atoms with van der Waals surface area (Å²) in [6.07, 6.45) is 2.95. The second kappa shape index (κ2) is 9.47. The molecule has 1 aromatic heterocycles. The van der Waals surface area contributed by atoms with E-state index in [2.05, 4.69) is 22.1 Å². The summed E-state index contributed by atoms with van der Waals surface area (Å²) in [5.41, 5.74) is 3.82. The van der Waals surface area contributed by atoms with Gasteiger partial charge in [0.25, 0.3) is 0 Å². The first-order valence-electron chi connectivity index (χ1n) is 11.1. The molecule has 1 aliphatic rings. The average Bonchev–Trinajstić information content (AvgIpc) is 3.29. The van der Waals surface area contributed by atoms with Crippen LogP contribution in [0.15, 0.2) is 100 Å². The minimum Gasteiger partial charge on any atom is -0.285 e. The smallest absolute Gasteiger partial charge is 0.243 e. The number of rotatable bonds is 5. The molecular formula is C26H25N3O2S2. The molecule has 2 heterocycles. The quantitative estimate of drug-likeness (QED) is 0.377. The van der Waals surface area contributed by atoms with Gasteiger partial charge < -0.3 is 0 Å². The van der Waals surface area contributed by atoms with Crippen LogP contribution in [-0.4, -0.2) is 30.4 Å². The minimum atomic E-state index is -3.45. The number of sulfonamides is 1. The molecule has 0 radical (unpaired) electrons. The van der Waals surface area contributed by atoms with E-state index in [9.17, 15) is 8.42 Å². The molecule has 0 spiro atoms. The molecule has 0 aliphatic carbocycles. The Bertz CT molecular complexity index is 1390. The summed E-state index contributed by atoms with van der Waals surface area (Å²) in [6.45, 7) is 1.21. The third kappa shape index (κ3) is 4.57. The summed E-state index contributed by atoms with van der Waals surface area (Å²) in [5.74, 6) is 0. The molecule has 33 heavy (non-hydrogen) atoms. The molecule has 1 fully saturated rings. The Morgan fingerprint density at radius 3 is 2.06 bits per heavy atom. The van der Waals surface area contributed by atoms with Crippen molar-refractivity contribution in [2.24, 2.45) is 4.99 Å². The predicted molar refractivity (Wildman–Crippen MR) is 133 cm³/mol. The number of piperidine rings is 1. The first-order chi connectivity index (χ1) is 16.1. The van der Waals surface area contributed by atoms with Crippen LogP contribution in [0.5, 0.6) is 0 Å². The highest BCUT2D eigenvalue weighted by Crippen LogP contribution is 2.27. The second-order valence-electron chi connectivity index (χ2n) is 8.01. The zero-order chi connectivity index (χ0) is 22.7. The standard InChI is InChI=1S/C26H25N3O2S2/c30-33(31,28-18-8-3-9-19-28)24-16-14-21(15-17-24)25-20-32-26(27-22-10-4-1-5-11-22)29(25)23-12-6-2-7-13-23/h1-2,4-7,10-17,20H,3,8-9,18-19H2. The zero-order valence-corrected chi connectivity index (χ0v) is 19.8. The molecule has 1 aliphatic heterocycles. The van der Waals surface area contributed by atoms with Gasteiger partial charge in [0.15, 0.2) is 4.80 Å². The van der Waals surface area contributed by atoms with Gasteiger partial charge in [0, 0.05) is 24.2 Å². The molecule has 5 nitrogen and oxygen atoms in total. The number of hydrogen-bond donors (Lipinski definition) is 0. The van der Waals surface area contributed by atoms with Gasteiger partial charge in [-0.25, -0.2) is 13.4 Å². The van der Waals surface area contributed by atoms with E-state index in [1.165, 1.54) is 0 Å². The van der Waals surface area contributed by atoms with Crippen LogP contribution in [0.4, 0.5) is 5.69 Å². The van der Waals surface area contributed by atoms with Crippen LogP contribution in [0.1, 0.15) is 19.3 Å². The Morgan fingerprint density at radius 2 is 1.39 bits per heavy atom. The number of benzene rings is 3. The molecule has 0 atom stereocenters. The van der Waals surface area contributed by atoms with Crippen LogP contribution in [0.3, 0.4) is 0 Å². The van der Waals surface area contributed by atoms with Gasteiger partial charge in [-0.2, -0.15) is 4.31 Å². The van der Waals surface area contributed by atoms with Crippen molar-refractivity contribution < 1.29 is 8.42 Å². The van der Waals surface area contributed by atoms with Crippen molar-refractivity contribution in [3.63, 3.8) is 0 Å². The van der Waals surface area contributed by atoms with Gasteiger partial charge in [-0.15, -0.1) is 11.3 Å². The normalized spacial score (nSPS) is 15.6. The van der Waals surface area contributed by atoms with E-state index in [1.807, 2.05) is 60.7 Å². The van der Waals surface area contributed by atoms with Crippen molar-refractivity contribution in [3.05, 3.63) is 95.1 Å². The van der Waals surface area contributed by atoms with Crippen LogP contribution >= 0.6 is 11.3 Å². The number of thiazole rings is 1. The summed E-state index contributed by atoms with van der Waals surface area (Å²) in [4.78, 5) is 6.07. The Hall–Kier alpha value is -3.00. The van der Waals surface area contributed by atoms with E-state index in [0.717, 1.165) is 46.7 Å². The van der Waals surface area contributed by atoms with E-state index >= 15 is 0 Å². The molecule has 4 aromatic rings. The van der Waals surface area contributed by atoms with Crippen molar-refractivity contribution in [1.29, 1.82) is 0 Å². The number of aromatic nitrogens is 1. The fourth-order valence-corrected chi connectivity index (χ4v) is 6.52. The van der Waals surface area contributed by atoms with Gasteiger partial charge in [0.1, 0.15) is 0 Å². The van der Waals surface area contributed by atoms with Crippen molar-refractivity contribution in [1.82, 2.24) is 8.87 Å². The molecule has 0 unspecified atom stereocenters. The summed E-state index contributed by atoms with van der Waals surface area (Å²) in [5, 5.41) is 2.07. The predicted octanol–water partition coefficient (Wildman–Crippen LogP) is 5.61. The fourth-order valence-electron chi connectivity index (χ4n) is 4.08. The van der Waals surface area contributed by atoms with Gasteiger partial charge in [-0.05, 0) is 54.8 Å². The lowest BCUT2D eigenvalue weighted by molar-refractivity contribution is 0.346. The topological polar surface area (TPSA) is 54.7 Å². The second-order valence-corrected chi connectivity index (χ2v) is 10.8. The summed E-state index contributed by atoms with van der Waals surface area (Å²) >= 11 is 1.56. The maximum Gasteiger partial charge on any atom is 0.243 e. The van der Waals surface area contributed by atoms with Gasteiger partial charge in [-0.1, -0.05) is 55.0 Å². The van der Waals surface area contributed by atoms with Crippen molar-refractivity contribution in [3.8, 4) is 16.9 Å². The summed E-state index contributed by atoms with van der Waals surface area (Å²) in [6, 6.07) is 27.2. The van der Waals surface area contributed by atoms with E-state index in [4.69, 9.17) is 4.99 Å². The monoisotopic (exact) mass is 475 g/mol. The van der Waals surface area contributed by atoms with Crippen LogP contribution in [-0.2, 0) is 10.0 Å². The van der Waals surface area contributed by atoms with Crippen LogP contribution in [0.25, 0.3) is 16.9 Å². The highest BCUT2D eigenvalue weighted by Gasteiger charge is 2.25. The zero-order valence-electron chi connectivity index (χ0n) is 18.2. The molecule has 0 amide bonds. The SMILES string of the molecule is O=S(=O)(c1ccc(-c2csc(=Nc3ccccc3)n2-c2ccccc2)cc1)N1CCCCC1.